The molecule has 2 aliphatic heterocycles. The largest absolute Gasteiger partial charge is 0.496 e. The number of cyclic esters (lactones) is 1. The molecule has 0 unspecified atom stereocenters. The Bertz CT molecular complexity index is 1830. The van der Waals surface area contributed by atoms with Gasteiger partial charge in [-0.25, -0.2) is 22.0 Å². The molecule has 1 aromatic heterocycles. The second-order valence-corrected chi connectivity index (χ2v) is 17.0. The van der Waals surface area contributed by atoms with Gasteiger partial charge in [0.2, 0.25) is 28.3 Å². The number of nitrogens with one attached hydrogen (secondary N) is 3. The summed E-state index contributed by atoms with van der Waals surface area (Å²) in [6.07, 6.45) is -1.05. The minimum absolute atomic E-state index is 0.0874. The van der Waals surface area contributed by atoms with Crippen LogP contribution in [0.4, 0.5) is 13.6 Å². The van der Waals surface area contributed by atoms with Gasteiger partial charge >= 0.3 is 6.09 Å². The summed E-state index contributed by atoms with van der Waals surface area (Å²) < 4.78 is 66.1. The van der Waals surface area contributed by atoms with Crippen LogP contribution in [0, 0.1) is 11.3 Å². The van der Waals surface area contributed by atoms with Crippen LogP contribution in [0.1, 0.15) is 83.0 Å². The first kappa shape index (κ1) is 37.3. The van der Waals surface area contributed by atoms with Crippen molar-refractivity contribution in [3.63, 3.8) is 0 Å². The molecule has 1 aromatic carbocycles. The van der Waals surface area contributed by atoms with Crippen molar-refractivity contribution >= 4 is 33.8 Å². The van der Waals surface area contributed by atoms with Crippen molar-refractivity contribution in [3.05, 3.63) is 29.6 Å². The Labute approximate surface area is 299 Å². The number of carbonyl (C=O) groups excluding carboxylic acids is 4. The van der Waals surface area contributed by atoms with Crippen LogP contribution < -0.4 is 20.1 Å². The molecular formula is C33H44F2N8O8S. The first-order valence-corrected chi connectivity index (χ1v) is 19.0. The number of fused-ring (bicyclic) bond motifs is 8. The maximum absolute atomic E-state index is 14.4. The molecule has 2 aromatic rings. The van der Waals surface area contributed by atoms with E-state index in [0.717, 1.165) is 18.4 Å². The molecule has 52 heavy (non-hydrogen) atoms. The number of nitrogens with zero attached hydrogens (tertiary/aromatic N) is 5. The van der Waals surface area contributed by atoms with Gasteiger partial charge < -0.3 is 25.0 Å². The Kier molecular flexibility index (Phi) is 10.2. The summed E-state index contributed by atoms with van der Waals surface area (Å²) in [6.45, 7) is 5.15. The average molecular weight is 751 g/mol. The van der Waals surface area contributed by atoms with E-state index in [0.29, 0.717) is 37.1 Å². The zero-order valence-corrected chi connectivity index (χ0v) is 30.2. The molecule has 4 amide bonds. The van der Waals surface area contributed by atoms with Gasteiger partial charge in [-0.3, -0.25) is 19.1 Å². The Hall–Kier alpha value is -4.42. The second kappa shape index (κ2) is 14.2. The van der Waals surface area contributed by atoms with Gasteiger partial charge in [-0.15, -0.1) is 15.0 Å². The molecule has 6 rings (SSSR count). The monoisotopic (exact) mass is 750 g/mol. The van der Waals surface area contributed by atoms with Gasteiger partial charge in [0.25, 0.3) is 5.91 Å². The number of hydrogen-bond donors (Lipinski definition) is 3. The number of alkyl carbamates (subject to hydrolysis) is 1. The third kappa shape index (κ3) is 7.68. The van der Waals surface area contributed by atoms with E-state index in [1.165, 1.54) is 9.70 Å². The minimum atomic E-state index is -4.12. The molecule has 2 saturated carbocycles. The van der Waals surface area contributed by atoms with Crippen LogP contribution in [0.3, 0.4) is 0 Å². The van der Waals surface area contributed by atoms with Crippen molar-refractivity contribution in [2.45, 2.75) is 107 Å². The molecule has 0 radical (unpaired) electrons. The standard InChI is InChI=1S/C33H44F2N8O8S/c1-32(2,3)25-29(45)42-17-19(15-23(42)28(44)37-33(16-22(33)26(34)35)30(46)40-52(48,49)21-10-11-21)27-38-41-43(39-27)20-9-12-24(50-4)18(14-20)8-6-5-7-13-51-31(47)36-25/h9,12,14,19,21-23,25-26H,5-8,10-11,13,15-17H2,1-4H3,(H,36,47)(H,37,44)(H,40,46)/t19-,22+,23+,25-,33+/m1/s1. The number of halogens is 2. The third-order valence-electron chi connectivity index (χ3n) is 10.1. The Balaban J connectivity index is 1.33. The minimum Gasteiger partial charge on any atom is -0.496 e. The smallest absolute Gasteiger partial charge is 0.407 e. The topological polar surface area (TPSA) is 204 Å². The van der Waals surface area contributed by atoms with E-state index < -0.39 is 86.8 Å². The lowest BCUT2D eigenvalue weighted by Gasteiger charge is -2.35. The molecular weight excluding hydrogens is 706 g/mol. The number of methoxy groups -OCH3 is 1. The fourth-order valence-corrected chi connectivity index (χ4v) is 8.23. The number of amides is 4. The summed E-state index contributed by atoms with van der Waals surface area (Å²) in [5, 5.41) is 17.3. The fourth-order valence-electron chi connectivity index (χ4n) is 6.87. The number of ether oxygens (including phenoxy) is 2. The lowest BCUT2D eigenvalue weighted by atomic mass is 9.85. The van der Waals surface area contributed by atoms with Crippen LogP contribution in [0.15, 0.2) is 18.2 Å². The van der Waals surface area contributed by atoms with Gasteiger partial charge in [0.15, 0.2) is 5.82 Å². The number of rotatable bonds is 7. The summed E-state index contributed by atoms with van der Waals surface area (Å²) in [5.74, 6) is -4.29. The van der Waals surface area contributed by atoms with Crippen molar-refractivity contribution in [2.24, 2.45) is 11.3 Å². The van der Waals surface area contributed by atoms with Gasteiger partial charge in [-0.2, -0.15) is 0 Å². The predicted molar refractivity (Wildman–Crippen MR) is 179 cm³/mol. The molecule has 284 valence electrons. The zero-order valence-electron chi connectivity index (χ0n) is 29.4. The average Bonchev–Trinajstić information content (AvgIpc) is 3.97. The lowest BCUT2D eigenvalue weighted by Crippen LogP contribution is -2.60. The molecule has 0 spiro atoms. The Morgan fingerprint density at radius 2 is 1.90 bits per heavy atom. The van der Waals surface area contributed by atoms with Crippen LogP contribution in [-0.4, -0.2) is 107 Å². The summed E-state index contributed by atoms with van der Waals surface area (Å²) in [7, 11) is -2.55. The molecule has 4 aliphatic rings. The van der Waals surface area contributed by atoms with Crippen molar-refractivity contribution < 1.29 is 45.9 Å². The number of aryl methyl sites for hydroxylation is 1. The first-order chi connectivity index (χ1) is 24.5. The van der Waals surface area contributed by atoms with Crippen molar-refractivity contribution in [1.82, 2.24) is 40.5 Å². The highest BCUT2D eigenvalue weighted by atomic mass is 32.2. The summed E-state index contributed by atoms with van der Waals surface area (Å²) in [6, 6.07) is 2.90. The van der Waals surface area contributed by atoms with E-state index in [9.17, 15) is 36.4 Å². The van der Waals surface area contributed by atoms with Crippen molar-refractivity contribution in [2.75, 3.05) is 20.3 Å². The molecule has 3 heterocycles. The molecule has 3 fully saturated rings. The SMILES string of the molecule is COc1ccc2cc1CCCCCOC(=O)N[C@@H](C(C)(C)C)C(=O)N1C[C@@H](C[C@H]1C(=O)N[C@@]1(C(=O)NS(=O)(=O)C3CC3)C[C@H]1C(F)F)c1nnn-2n1. The van der Waals surface area contributed by atoms with Gasteiger partial charge in [-0.1, -0.05) is 20.8 Å². The van der Waals surface area contributed by atoms with Crippen molar-refractivity contribution in [3.8, 4) is 11.4 Å². The number of hydrogen-bond acceptors (Lipinski definition) is 11. The van der Waals surface area contributed by atoms with E-state index in [1.54, 1.807) is 40.0 Å². The predicted octanol–water partition coefficient (Wildman–Crippen LogP) is 1.97. The zero-order chi connectivity index (χ0) is 37.6. The summed E-state index contributed by atoms with van der Waals surface area (Å²) >= 11 is 0. The van der Waals surface area contributed by atoms with Gasteiger partial charge in [0.05, 0.1) is 30.6 Å². The van der Waals surface area contributed by atoms with E-state index in [2.05, 4.69) is 26.0 Å². The van der Waals surface area contributed by atoms with E-state index in [-0.39, 0.29) is 25.4 Å². The number of aromatic nitrogens is 4. The van der Waals surface area contributed by atoms with Gasteiger partial charge in [-0.05, 0) is 85.8 Å². The molecule has 3 N–H and O–H groups in total. The number of tetrazole rings is 1. The van der Waals surface area contributed by atoms with Gasteiger partial charge in [0.1, 0.15) is 23.4 Å². The van der Waals surface area contributed by atoms with Crippen LogP contribution in [0.25, 0.3) is 5.69 Å². The van der Waals surface area contributed by atoms with Crippen molar-refractivity contribution in [1.29, 1.82) is 0 Å². The highest BCUT2D eigenvalue weighted by molar-refractivity contribution is 7.91. The maximum atomic E-state index is 14.4. The van der Waals surface area contributed by atoms with Crippen LogP contribution in [-0.2, 0) is 35.6 Å². The highest BCUT2D eigenvalue weighted by Crippen LogP contribution is 2.48. The Morgan fingerprint density at radius 3 is 2.56 bits per heavy atom. The molecule has 2 aliphatic carbocycles. The number of alkyl halides is 2. The molecule has 5 atom stereocenters. The summed E-state index contributed by atoms with van der Waals surface area (Å²) in [5.41, 5.74) is -1.58. The molecule has 1 saturated heterocycles. The molecule has 16 nitrogen and oxygen atoms in total. The van der Waals surface area contributed by atoms with Gasteiger partial charge in [0, 0.05) is 12.5 Å². The number of benzene rings is 1. The van der Waals surface area contributed by atoms with E-state index in [4.69, 9.17) is 9.47 Å². The van der Waals surface area contributed by atoms with Crippen LogP contribution >= 0.6 is 0 Å². The summed E-state index contributed by atoms with van der Waals surface area (Å²) in [4.78, 5) is 57.3. The van der Waals surface area contributed by atoms with Crippen LogP contribution in [0.2, 0.25) is 0 Å². The fraction of sp³-hybridized carbons (Fsp3) is 0.667. The molecule has 19 heteroatoms. The number of carbonyl (C=O) groups is 4. The quantitative estimate of drug-likeness (QED) is 0.373. The van der Waals surface area contributed by atoms with E-state index >= 15 is 0 Å². The highest BCUT2D eigenvalue weighted by Gasteiger charge is 2.67. The maximum Gasteiger partial charge on any atom is 0.407 e. The lowest BCUT2D eigenvalue weighted by molar-refractivity contribution is -0.143. The third-order valence-corrected chi connectivity index (χ3v) is 12.0. The normalized spacial score (nSPS) is 27.1. The molecule has 6 bridgehead atoms. The number of sulfonamides is 1. The Morgan fingerprint density at radius 1 is 1.15 bits per heavy atom. The first-order valence-electron chi connectivity index (χ1n) is 17.4. The van der Waals surface area contributed by atoms with E-state index in [1.807, 2.05) is 10.8 Å². The van der Waals surface area contributed by atoms with Crippen LogP contribution in [0.5, 0.6) is 5.75 Å². The second-order valence-electron chi connectivity index (χ2n) is 15.0.